The quantitative estimate of drug-likeness (QED) is 0.0820. The minimum atomic E-state index is -2.35. The first-order valence-corrected chi connectivity index (χ1v) is 17.4. The third-order valence-corrected chi connectivity index (χ3v) is 9.10. The predicted octanol–water partition coefficient (Wildman–Crippen LogP) is 6.85. The van der Waals surface area contributed by atoms with Crippen LogP contribution < -0.4 is 0 Å². The van der Waals surface area contributed by atoms with E-state index in [1.54, 1.807) is 72.8 Å². The maximum absolute atomic E-state index is 17.7. The number of ether oxygens (including phenoxy) is 5. The third-order valence-electron chi connectivity index (χ3n) is 8.80. The molecule has 3 heterocycles. The van der Waals surface area contributed by atoms with Gasteiger partial charge >= 0.3 is 23.9 Å². The number of carbonyl (C=O) groups excluding carboxylic acids is 4. The molecule has 12 nitrogen and oxygen atoms in total. The van der Waals surface area contributed by atoms with Gasteiger partial charge in [-0.15, -0.1) is 0 Å². The molecule has 4 aromatic carbocycles. The summed E-state index contributed by atoms with van der Waals surface area (Å²) < 4.78 is 49.1. The van der Waals surface area contributed by atoms with Crippen LogP contribution in [0.5, 0.6) is 0 Å². The highest BCUT2D eigenvalue weighted by atomic mass is 35.5. The summed E-state index contributed by atoms with van der Waals surface area (Å²) in [7, 11) is 0. The van der Waals surface area contributed by atoms with E-state index in [0.717, 1.165) is 0 Å². The first-order chi connectivity index (χ1) is 26.8. The first kappa shape index (κ1) is 36.9. The summed E-state index contributed by atoms with van der Waals surface area (Å²) in [5.41, 5.74) is 0.544. The minimum Gasteiger partial charge on any atom is -0.459 e. The van der Waals surface area contributed by atoms with Gasteiger partial charge in [0.05, 0.1) is 27.6 Å². The Morgan fingerprint density at radius 1 is 0.618 bits per heavy atom. The Hall–Kier alpha value is -6.44. The number of fused-ring (bicyclic) bond motifs is 1. The highest BCUT2D eigenvalue weighted by molar-refractivity contribution is 6.33. The molecule has 0 N–H and O–H groups in total. The van der Waals surface area contributed by atoms with Crippen molar-refractivity contribution in [2.75, 3.05) is 6.61 Å². The summed E-state index contributed by atoms with van der Waals surface area (Å²) in [6, 6.07) is 33.1. The van der Waals surface area contributed by atoms with Crippen LogP contribution in [0.1, 0.15) is 47.7 Å². The van der Waals surface area contributed by atoms with Crippen LogP contribution in [0, 0.1) is 0 Å². The monoisotopic (exact) mass is 763 g/mol. The molecule has 0 radical (unpaired) electrons. The SMILES string of the molecule is O=C(OC[C@H]1O[C@@H](n2ccc3c(Cl)ncnc32)[C@@H](F)[C@H](OC(=O)c2ccccc2)[C@H](OC(=O)c2ccccc2)[C@@H]1OC(=O)c1ccccc1)c1ccccc1. The van der Waals surface area contributed by atoms with Crippen molar-refractivity contribution in [3.63, 3.8) is 0 Å². The van der Waals surface area contributed by atoms with Crippen molar-refractivity contribution in [3.8, 4) is 0 Å². The van der Waals surface area contributed by atoms with E-state index in [0.29, 0.717) is 5.39 Å². The van der Waals surface area contributed by atoms with Gasteiger partial charge in [-0.2, -0.15) is 0 Å². The molecule has 0 spiro atoms. The van der Waals surface area contributed by atoms with Gasteiger partial charge in [-0.05, 0) is 54.6 Å². The molecule has 2 aromatic heterocycles. The van der Waals surface area contributed by atoms with Crippen molar-refractivity contribution >= 4 is 46.5 Å². The second-order valence-electron chi connectivity index (χ2n) is 12.3. The van der Waals surface area contributed by atoms with Crippen LogP contribution in [0.25, 0.3) is 11.0 Å². The predicted molar refractivity (Wildman–Crippen MR) is 195 cm³/mol. The average Bonchev–Trinajstić information content (AvgIpc) is 3.63. The molecule has 0 bridgehead atoms. The Kier molecular flexibility index (Phi) is 11.2. The fraction of sp³-hybridized carbons (Fsp3) is 0.171. The minimum absolute atomic E-state index is 0.0571. The van der Waals surface area contributed by atoms with E-state index in [1.165, 1.54) is 71.7 Å². The number of rotatable bonds is 10. The number of hydrogen-bond acceptors (Lipinski definition) is 11. The van der Waals surface area contributed by atoms with Crippen LogP contribution >= 0.6 is 11.6 Å². The van der Waals surface area contributed by atoms with Crippen molar-refractivity contribution in [1.82, 2.24) is 14.5 Å². The Morgan fingerprint density at radius 3 is 1.58 bits per heavy atom. The van der Waals surface area contributed by atoms with E-state index in [4.69, 9.17) is 35.3 Å². The number of carbonyl (C=O) groups is 4. The van der Waals surface area contributed by atoms with E-state index in [9.17, 15) is 19.2 Å². The fourth-order valence-corrected chi connectivity index (χ4v) is 6.29. The van der Waals surface area contributed by atoms with Crippen molar-refractivity contribution in [2.45, 2.75) is 36.8 Å². The average molecular weight is 764 g/mol. The number of halogens is 2. The maximum Gasteiger partial charge on any atom is 0.338 e. The molecular weight excluding hydrogens is 733 g/mol. The van der Waals surface area contributed by atoms with Gasteiger partial charge in [0.25, 0.3) is 0 Å². The molecule has 0 aliphatic carbocycles. The fourth-order valence-electron chi connectivity index (χ4n) is 6.09. The summed E-state index contributed by atoms with van der Waals surface area (Å²) in [4.78, 5) is 62.9. The third kappa shape index (κ3) is 8.22. The van der Waals surface area contributed by atoms with Gasteiger partial charge in [-0.25, -0.2) is 33.5 Å². The zero-order chi connectivity index (χ0) is 38.3. The lowest BCUT2D eigenvalue weighted by atomic mass is 9.99. The molecular formula is C41H31ClFN3O9. The summed E-state index contributed by atoms with van der Waals surface area (Å²) in [6.07, 6.45) is -8.64. The number of alkyl halides is 1. The number of benzene rings is 4. The van der Waals surface area contributed by atoms with E-state index in [-0.39, 0.29) is 33.1 Å². The van der Waals surface area contributed by atoms with E-state index < -0.39 is 67.3 Å². The molecule has 6 aromatic rings. The lowest BCUT2D eigenvalue weighted by Crippen LogP contribution is -2.52. The van der Waals surface area contributed by atoms with Crippen LogP contribution in [0.2, 0.25) is 5.15 Å². The largest absolute Gasteiger partial charge is 0.459 e. The summed E-state index contributed by atoms with van der Waals surface area (Å²) in [6.45, 7) is -0.642. The van der Waals surface area contributed by atoms with Crippen LogP contribution in [0.4, 0.5) is 4.39 Å². The van der Waals surface area contributed by atoms with Gasteiger partial charge in [-0.3, -0.25) is 0 Å². The molecule has 1 aliphatic heterocycles. The highest BCUT2D eigenvalue weighted by Gasteiger charge is 2.54. The maximum atomic E-state index is 17.7. The highest BCUT2D eigenvalue weighted by Crippen LogP contribution is 2.38. The van der Waals surface area contributed by atoms with Gasteiger partial charge < -0.3 is 28.3 Å². The summed E-state index contributed by atoms with van der Waals surface area (Å²) >= 11 is 6.35. The molecule has 14 heteroatoms. The Morgan fingerprint density at radius 2 is 1.07 bits per heavy atom. The molecule has 0 saturated carbocycles. The van der Waals surface area contributed by atoms with Crippen LogP contribution in [-0.2, 0) is 23.7 Å². The number of esters is 4. The van der Waals surface area contributed by atoms with Gasteiger partial charge in [0.1, 0.15) is 29.8 Å². The molecule has 7 rings (SSSR count). The van der Waals surface area contributed by atoms with Gasteiger partial charge in [0, 0.05) is 6.20 Å². The van der Waals surface area contributed by atoms with Crippen molar-refractivity contribution < 1.29 is 47.3 Å². The number of nitrogens with zero attached hydrogens (tertiary/aromatic N) is 3. The second-order valence-corrected chi connectivity index (χ2v) is 12.7. The van der Waals surface area contributed by atoms with E-state index >= 15 is 4.39 Å². The van der Waals surface area contributed by atoms with Crippen LogP contribution in [-0.4, -0.2) is 75.6 Å². The van der Waals surface area contributed by atoms with Crippen molar-refractivity contribution in [2.24, 2.45) is 0 Å². The molecule has 0 unspecified atom stereocenters. The second kappa shape index (κ2) is 16.7. The topological polar surface area (TPSA) is 145 Å². The zero-order valence-electron chi connectivity index (χ0n) is 28.7. The van der Waals surface area contributed by atoms with E-state index in [2.05, 4.69) is 9.97 Å². The molecule has 6 atom stereocenters. The van der Waals surface area contributed by atoms with Crippen molar-refractivity contribution in [3.05, 3.63) is 167 Å². The Balaban J connectivity index is 1.37. The van der Waals surface area contributed by atoms with Gasteiger partial charge in [0.15, 0.2) is 30.7 Å². The lowest BCUT2D eigenvalue weighted by molar-refractivity contribution is -0.142. The van der Waals surface area contributed by atoms with Gasteiger partial charge in [0.2, 0.25) is 0 Å². The lowest BCUT2D eigenvalue weighted by Gasteiger charge is -2.33. The number of hydrogen-bond donors (Lipinski definition) is 0. The standard InChI is InChI=1S/C41H31ClFN3O9/c42-35-29-21-22-46(36(29)45-24-44-35)37-31(43)33(54-40(49)27-17-9-3-10-18-27)34(55-41(50)28-19-11-4-12-20-28)32(53-39(48)26-15-7-2-8-16-26)30(52-37)23-51-38(47)25-13-5-1-6-14-25/h1-22,24,30-34,37H,23H2/t30-,31+,32-,33+,34-,37-/m1/s1. The van der Waals surface area contributed by atoms with Gasteiger partial charge in [-0.1, -0.05) is 84.4 Å². The zero-order valence-corrected chi connectivity index (χ0v) is 29.5. The molecule has 55 heavy (non-hydrogen) atoms. The molecule has 0 amide bonds. The Labute approximate surface area is 318 Å². The summed E-state index contributed by atoms with van der Waals surface area (Å²) in [5, 5.41) is 0.408. The van der Waals surface area contributed by atoms with Crippen molar-refractivity contribution in [1.29, 1.82) is 0 Å². The van der Waals surface area contributed by atoms with Crippen LogP contribution in [0.15, 0.2) is 140 Å². The smallest absolute Gasteiger partial charge is 0.338 e. The van der Waals surface area contributed by atoms with Crippen LogP contribution in [0.3, 0.4) is 0 Å². The Bertz CT molecular complexity index is 2280. The molecule has 1 aliphatic rings. The molecule has 278 valence electrons. The van der Waals surface area contributed by atoms with E-state index in [1.807, 2.05) is 0 Å². The first-order valence-electron chi connectivity index (χ1n) is 17.1. The molecule has 1 fully saturated rings. The normalized spacial score (nSPS) is 20.8. The number of aromatic nitrogens is 3. The summed E-state index contributed by atoms with van der Waals surface area (Å²) in [5.74, 6) is -3.62. The molecule has 1 saturated heterocycles.